The zero-order valence-corrected chi connectivity index (χ0v) is 21.0. The maximum atomic E-state index is 13.6. The van der Waals surface area contributed by atoms with Gasteiger partial charge in [-0.1, -0.05) is 42.2 Å². The topological polar surface area (TPSA) is 61.2 Å². The van der Waals surface area contributed by atoms with Crippen LogP contribution in [0.15, 0.2) is 52.3 Å². The SMILES string of the molecule is Cc1cccn2c(=O)c(C=C3SC(=S)N(Cc4ccc(F)cc4)C3=O)c(N3CCN(C)CC3)nc12. The summed E-state index contributed by atoms with van der Waals surface area (Å²) in [5, 5.41) is 0. The van der Waals surface area contributed by atoms with Crippen molar-refractivity contribution < 1.29 is 9.18 Å². The van der Waals surface area contributed by atoms with Gasteiger partial charge in [-0.2, -0.15) is 0 Å². The number of amides is 1. The Morgan fingerprint density at radius 2 is 1.83 bits per heavy atom. The normalized spacial score (nSPS) is 18.3. The summed E-state index contributed by atoms with van der Waals surface area (Å²) in [6, 6.07) is 9.71. The molecule has 180 valence electrons. The highest BCUT2D eigenvalue weighted by Gasteiger charge is 2.33. The van der Waals surface area contributed by atoms with Crippen molar-refractivity contribution in [2.75, 3.05) is 38.1 Å². The zero-order chi connectivity index (χ0) is 24.7. The molecule has 0 radical (unpaired) electrons. The Balaban J connectivity index is 1.56. The van der Waals surface area contributed by atoms with Gasteiger partial charge in [0, 0.05) is 32.4 Å². The van der Waals surface area contributed by atoms with Crippen LogP contribution in [0, 0.1) is 12.7 Å². The highest BCUT2D eigenvalue weighted by atomic mass is 32.2. The number of likely N-dealkylation sites (N-methyl/N-ethyl adjacent to an activating group) is 1. The predicted molar refractivity (Wildman–Crippen MR) is 141 cm³/mol. The van der Waals surface area contributed by atoms with Crippen LogP contribution in [0.2, 0.25) is 0 Å². The number of anilines is 1. The van der Waals surface area contributed by atoms with E-state index < -0.39 is 0 Å². The Bertz CT molecular complexity index is 1410. The molecule has 0 N–H and O–H groups in total. The van der Waals surface area contributed by atoms with E-state index in [1.54, 1.807) is 24.4 Å². The first-order valence-corrected chi connectivity index (χ1v) is 12.5. The van der Waals surface area contributed by atoms with Gasteiger partial charge >= 0.3 is 0 Å². The van der Waals surface area contributed by atoms with E-state index in [9.17, 15) is 14.0 Å². The molecule has 3 aromatic rings. The molecule has 1 aromatic carbocycles. The van der Waals surface area contributed by atoms with Gasteiger partial charge in [0.15, 0.2) is 0 Å². The zero-order valence-electron chi connectivity index (χ0n) is 19.4. The third kappa shape index (κ3) is 4.61. The summed E-state index contributed by atoms with van der Waals surface area (Å²) in [5.74, 6) is -0.0291. The highest BCUT2D eigenvalue weighted by Crippen LogP contribution is 2.34. The lowest BCUT2D eigenvalue weighted by Gasteiger charge is -2.34. The summed E-state index contributed by atoms with van der Waals surface area (Å²) in [7, 11) is 2.07. The molecule has 2 saturated heterocycles. The van der Waals surface area contributed by atoms with Gasteiger partial charge in [0.25, 0.3) is 11.5 Å². The molecule has 2 aliphatic heterocycles. The van der Waals surface area contributed by atoms with Crippen LogP contribution in [-0.4, -0.2) is 62.6 Å². The second-order valence-corrected chi connectivity index (χ2v) is 10.4. The van der Waals surface area contributed by atoms with Gasteiger partial charge in [0.05, 0.1) is 17.0 Å². The van der Waals surface area contributed by atoms with Crippen LogP contribution in [0.4, 0.5) is 10.2 Å². The number of hydrogen-bond acceptors (Lipinski definition) is 7. The van der Waals surface area contributed by atoms with Gasteiger partial charge in [-0.15, -0.1) is 0 Å². The van der Waals surface area contributed by atoms with E-state index in [0.29, 0.717) is 26.3 Å². The molecule has 10 heteroatoms. The summed E-state index contributed by atoms with van der Waals surface area (Å²) < 4.78 is 15.2. The first kappa shape index (κ1) is 23.7. The number of benzene rings is 1. The van der Waals surface area contributed by atoms with E-state index >= 15 is 0 Å². The van der Waals surface area contributed by atoms with Crippen LogP contribution in [0.1, 0.15) is 16.7 Å². The minimum Gasteiger partial charge on any atom is -0.353 e. The first-order chi connectivity index (χ1) is 16.8. The number of halogens is 1. The third-order valence-corrected chi connectivity index (χ3v) is 7.65. The molecule has 35 heavy (non-hydrogen) atoms. The number of carbonyl (C=O) groups is 1. The van der Waals surface area contributed by atoms with E-state index in [4.69, 9.17) is 17.2 Å². The molecule has 2 aliphatic rings. The lowest BCUT2D eigenvalue weighted by molar-refractivity contribution is -0.122. The van der Waals surface area contributed by atoms with E-state index in [2.05, 4.69) is 16.8 Å². The number of fused-ring (bicyclic) bond motifs is 1. The van der Waals surface area contributed by atoms with Crippen molar-refractivity contribution >= 4 is 51.7 Å². The number of carbonyl (C=O) groups excluding carboxylic acids is 1. The number of thiocarbonyl (C=S) groups is 1. The van der Waals surface area contributed by atoms with Crippen molar-refractivity contribution in [3.05, 3.63) is 80.4 Å². The van der Waals surface area contributed by atoms with Gasteiger partial charge < -0.3 is 9.80 Å². The molecular formula is C25H24FN5O2S2. The fraction of sp³-hybridized carbons (Fsp3) is 0.280. The fourth-order valence-corrected chi connectivity index (χ4v) is 5.46. The number of hydrogen-bond donors (Lipinski definition) is 0. The second-order valence-electron chi connectivity index (χ2n) is 8.72. The maximum Gasteiger partial charge on any atom is 0.267 e. The molecule has 0 aliphatic carbocycles. The average molecular weight is 510 g/mol. The molecule has 4 heterocycles. The average Bonchev–Trinajstić information content (AvgIpc) is 3.10. The summed E-state index contributed by atoms with van der Waals surface area (Å²) in [6.07, 6.45) is 3.32. The van der Waals surface area contributed by atoms with Crippen molar-refractivity contribution in [1.29, 1.82) is 0 Å². The molecule has 0 atom stereocenters. The summed E-state index contributed by atoms with van der Waals surface area (Å²) in [5.41, 5.74) is 2.42. The van der Waals surface area contributed by atoms with E-state index in [1.807, 2.05) is 19.1 Å². The van der Waals surface area contributed by atoms with Crippen LogP contribution < -0.4 is 10.5 Å². The van der Waals surface area contributed by atoms with Gasteiger partial charge in [0.1, 0.15) is 21.6 Å². The summed E-state index contributed by atoms with van der Waals surface area (Å²) in [6.45, 7) is 5.34. The number of thioether (sulfide) groups is 1. The standard InChI is InChI=1S/C25H24FN5O2S2/c1-16-4-3-9-30-21(16)27-22(29-12-10-28(2)11-13-29)19(23(30)32)14-20-24(33)31(25(34)35-20)15-17-5-7-18(26)8-6-17/h3-9,14H,10-13,15H2,1-2H3. The van der Waals surface area contributed by atoms with Crippen LogP contribution in [0.5, 0.6) is 0 Å². The number of aromatic nitrogens is 2. The quantitative estimate of drug-likeness (QED) is 0.395. The Morgan fingerprint density at radius 3 is 2.54 bits per heavy atom. The smallest absolute Gasteiger partial charge is 0.267 e. The fourth-order valence-electron chi connectivity index (χ4n) is 4.23. The van der Waals surface area contributed by atoms with Crippen LogP contribution in [0.25, 0.3) is 11.7 Å². The van der Waals surface area contributed by atoms with Crippen LogP contribution in [-0.2, 0) is 11.3 Å². The number of aryl methyl sites for hydroxylation is 1. The molecular weight excluding hydrogens is 485 g/mol. The Morgan fingerprint density at radius 1 is 1.11 bits per heavy atom. The number of rotatable bonds is 4. The van der Waals surface area contributed by atoms with E-state index in [-0.39, 0.29) is 23.8 Å². The van der Waals surface area contributed by atoms with Gasteiger partial charge in [-0.3, -0.25) is 18.9 Å². The highest BCUT2D eigenvalue weighted by molar-refractivity contribution is 8.26. The predicted octanol–water partition coefficient (Wildman–Crippen LogP) is 3.30. The third-order valence-electron chi connectivity index (χ3n) is 6.27. The summed E-state index contributed by atoms with van der Waals surface area (Å²) in [4.78, 5) is 38.0. The van der Waals surface area contributed by atoms with Gasteiger partial charge in [-0.05, 0) is 49.4 Å². The number of nitrogens with zero attached hydrogens (tertiary/aromatic N) is 5. The van der Waals surface area contributed by atoms with Crippen LogP contribution >= 0.6 is 24.0 Å². The van der Waals surface area contributed by atoms with Crippen molar-refractivity contribution in [2.24, 2.45) is 0 Å². The lowest BCUT2D eigenvalue weighted by Crippen LogP contribution is -2.45. The molecule has 0 unspecified atom stereocenters. The van der Waals surface area contributed by atoms with E-state index in [0.717, 1.165) is 49.1 Å². The van der Waals surface area contributed by atoms with Gasteiger partial charge in [0.2, 0.25) is 0 Å². The monoisotopic (exact) mass is 509 g/mol. The molecule has 0 spiro atoms. The minimum atomic E-state index is -0.338. The summed E-state index contributed by atoms with van der Waals surface area (Å²) >= 11 is 6.64. The second kappa shape index (κ2) is 9.52. The Hall–Kier alpha value is -3.08. The molecule has 5 rings (SSSR count). The lowest BCUT2D eigenvalue weighted by atomic mass is 10.2. The molecule has 2 aromatic heterocycles. The number of piperazine rings is 1. The molecule has 0 saturated carbocycles. The molecule has 2 fully saturated rings. The van der Waals surface area contributed by atoms with Crippen molar-refractivity contribution in [3.63, 3.8) is 0 Å². The number of pyridine rings is 1. The van der Waals surface area contributed by atoms with Gasteiger partial charge in [-0.25, -0.2) is 9.37 Å². The largest absolute Gasteiger partial charge is 0.353 e. The Kier molecular flexibility index (Phi) is 6.43. The Labute approximate surface area is 211 Å². The van der Waals surface area contributed by atoms with E-state index in [1.165, 1.54) is 21.4 Å². The van der Waals surface area contributed by atoms with Crippen molar-refractivity contribution in [1.82, 2.24) is 19.2 Å². The minimum absolute atomic E-state index is 0.226. The molecule has 7 nitrogen and oxygen atoms in total. The molecule has 1 amide bonds. The van der Waals surface area contributed by atoms with Crippen molar-refractivity contribution in [3.8, 4) is 0 Å². The van der Waals surface area contributed by atoms with Crippen LogP contribution in [0.3, 0.4) is 0 Å². The first-order valence-electron chi connectivity index (χ1n) is 11.3. The van der Waals surface area contributed by atoms with Crippen molar-refractivity contribution in [2.45, 2.75) is 13.5 Å². The molecule has 0 bridgehead atoms. The maximum absolute atomic E-state index is 13.6.